The number of rotatable bonds is 6. The minimum absolute atomic E-state index is 0.0136. The van der Waals surface area contributed by atoms with Crippen molar-refractivity contribution in [2.75, 3.05) is 6.61 Å². The fraction of sp³-hybridized carbons (Fsp3) is 0.381. The molecule has 0 fully saturated rings. The molecule has 0 radical (unpaired) electrons. The normalized spacial score (nSPS) is 11.9. The molecule has 0 bridgehead atoms. The van der Waals surface area contributed by atoms with Crippen LogP contribution < -0.4 is 10.1 Å². The van der Waals surface area contributed by atoms with Crippen molar-refractivity contribution in [3.05, 3.63) is 64.2 Å². The predicted molar refractivity (Wildman–Crippen MR) is 98.5 cm³/mol. The molecule has 3 nitrogen and oxygen atoms in total. The number of ether oxygens (including phenoxy) is 1. The number of aryl methyl sites for hydroxylation is 4. The quantitative estimate of drug-likeness (QED) is 0.845. The van der Waals surface area contributed by atoms with Crippen molar-refractivity contribution in [3.63, 3.8) is 0 Å². The van der Waals surface area contributed by atoms with Crippen molar-refractivity contribution in [3.8, 4) is 5.75 Å². The molecule has 0 heterocycles. The number of amides is 1. The molecule has 0 aromatic heterocycles. The molecule has 3 heteroatoms. The van der Waals surface area contributed by atoms with Gasteiger partial charge in [-0.2, -0.15) is 0 Å². The highest BCUT2D eigenvalue weighted by Gasteiger charge is 2.14. The third kappa shape index (κ3) is 4.85. The molecular formula is C21H27NO2. The van der Waals surface area contributed by atoms with E-state index in [2.05, 4.69) is 50.4 Å². The van der Waals surface area contributed by atoms with Gasteiger partial charge in [-0.05, 0) is 74.1 Å². The Bertz CT molecular complexity index is 702. The molecule has 0 unspecified atom stereocenters. The molecule has 2 rings (SSSR count). The SMILES string of the molecule is CC[C@@H](NC(=O)COc1cc(C)cc(C)c1)c1ccc(C)c(C)c1. The first-order valence-electron chi connectivity index (χ1n) is 8.46. The number of carbonyl (C=O) groups is 1. The Morgan fingerprint density at radius 1 is 1.00 bits per heavy atom. The van der Waals surface area contributed by atoms with Crippen LogP contribution in [0.1, 0.15) is 47.2 Å². The Morgan fingerprint density at radius 3 is 2.25 bits per heavy atom. The van der Waals surface area contributed by atoms with Gasteiger partial charge in [0.2, 0.25) is 0 Å². The summed E-state index contributed by atoms with van der Waals surface area (Å²) in [7, 11) is 0. The molecule has 128 valence electrons. The van der Waals surface area contributed by atoms with E-state index in [9.17, 15) is 4.79 Å². The second kappa shape index (κ2) is 8.00. The van der Waals surface area contributed by atoms with Crippen molar-refractivity contribution in [1.82, 2.24) is 5.32 Å². The van der Waals surface area contributed by atoms with Crippen LogP contribution in [-0.4, -0.2) is 12.5 Å². The number of hydrogen-bond acceptors (Lipinski definition) is 2. The van der Waals surface area contributed by atoms with Gasteiger partial charge in [0.1, 0.15) is 5.75 Å². The van der Waals surface area contributed by atoms with Gasteiger partial charge in [-0.15, -0.1) is 0 Å². The molecule has 1 N–H and O–H groups in total. The van der Waals surface area contributed by atoms with Gasteiger partial charge in [-0.1, -0.05) is 31.2 Å². The predicted octanol–water partition coefficient (Wildman–Crippen LogP) is 4.57. The third-order valence-electron chi connectivity index (χ3n) is 4.24. The van der Waals surface area contributed by atoms with Crippen LogP contribution in [-0.2, 0) is 4.79 Å². The average Bonchev–Trinajstić information content (AvgIpc) is 2.52. The molecule has 24 heavy (non-hydrogen) atoms. The Morgan fingerprint density at radius 2 is 1.67 bits per heavy atom. The molecule has 0 saturated heterocycles. The lowest BCUT2D eigenvalue weighted by Gasteiger charge is -2.19. The fourth-order valence-electron chi connectivity index (χ4n) is 2.80. The van der Waals surface area contributed by atoms with Gasteiger partial charge in [-0.25, -0.2) is 0 Å². The highest BCUT2D eigenvalue weighted by Crippen LogP contribution is 2.20. The van der Waals surface area contributed by atoms with Crippen LogP contribution in [0.25, 0.3) is 0 Å². The minimum Gasteiger partial charge on any atom is -0.484 e. The molecule has 0 aliphatic carbocycles. The summed E-state index contributed by atoms with van der Waals surface area (Å²) in [6.45, 7) is 10.3. The van der Waals surface area contributed by atoms with Crippen LogP contribution in [0.15, 0.2) is 36.4 Å². The zero-order chi connectivity index (χ0) is 17.7. The van der Waals surface area contributed by atoms with Gasteiger partial charge in [-0.3, -0.25) is 4.79 Å². The molecule has 1 atom stereocenters. The van der Waals surface area contributed by atoms with Gasteiger partial charge < -0.3 is 10.1 Å². The summed E-state index contributed by atoms with van der Waals surface area (Å²) in [5.74, 6) is 0.640. The molecule has 0 spiro atoms. The molecule has 2 aromatic rings. The topological polar surface area (TPSA) is 38.3 Å². The summed E-state index contributed by atoms with van der Waals surface area (Å²) in [6, 6.07) is 12.3. The summed E-state index contributed by atoms with van der Waals surface area (Å²) in [4.78, 5) is 12.2. The number of carbonyl (C=O) groups excluding carboxylic acids is 1. The second-order valence-corrected chi connectivity index (χ2v) is 6.48. The summed E-state index contributed by atoms with van der Waals surface area (Å²) < 4.78 is 5.64. The van der Waals surface area contributed by atoms with E-state index >= 15 is 0 Å². The number of hydrogen-bond donors (Lipinski definition) is 1. The first kappa shape index (κ1) is 18.1. The maximum atomic E-state index is 12.2. The third-order valence-corrected chi connectivity index (χ3v) is 4.24. The lowest BCUT2D eigenvalue weighted by atomic mass is 9.99. The van der Waals surface area contributed by atoms with E-state index in [1.54, 1.807) is 0 Å². The van der Waals surface area contributed by atoms with Crippen LogP contribution in [0.2, 0.25) is 0 Å². The summed E-state index contributed by atoms with van der Waals surface area (Å²) in [6.07, 6.45) is 0.845. The van der Waals surface area contributed by atoms with Gasteiger partial charge in [0.05, 0.1) is 6.04 Å². The monoisotopic (exact) mass is 325 g/mol. The van der Waals surface area contributed by atoms with Crippen LogP contribution in [0.3, 0.4) is 0 Å². The van der Waals surface area contributed by atoms with Crippen molar-refractivity contribution >= 4 is 5.91 Å². The van der Waals surface area contributed by atoms with Crippen LogP contribution in [0, 0.1) is 27.7 Å². The maximum absolute atomic E-state index is 12.2. The Labute approximate surface area is 145 Å². The van der Waals surface area contributed by atoms with Gasteiger partial charge in [0.25, 0.3) is 5.91 Å². The summed E-state index contributed by atoms with van der Waals surface area (Å²) >= 11 is 0. The average molecular weight is 325 g/mol. The highest BCUT2D eigenvalue weighted by atomic mass is 16.5. The van der Waals surface area contributed by atoms with Gasteiger partial charge in [0.15, 0.2) is 6.61 Å². The Kier molecular flexibility index (Phi) is 6.02. The van der Waals surface area contributed by atoms with Gasteiger partial charge in [0, 0.05) is 0 Å². The van der Waals surface area contributed by atoms with E-state index in [0.717, 1.165) is 28.9 Å². The lowest BCUT2D eigenvalue weighted by molar-refractivity contribution is -0.123. The fourth-order valence-corrected chi connectivity index (χ4v) is 2.80. The smallest absolute Gasteiger partial charge is 0.258 e. The Balaban J connectivity index is 1.97. The summed E-state index contributed by atoms with van der Waals surface area (Å²) in [5, 5.41) is 3.07. The molecule has 0 aliphatic heterocycles. The highest BCUT2D eigenvalue weighted by molar-refractivity contribution is 5.78. The second-order valence-electron chi connectivity index (χ2n) is 6.48. The first-order valence-corrected chi connectivity index (χ1v) is 8.46. The van der Waals surface area contributed by atoms with Crippen LogP contribution in [0.4, 0.5) is 0 Å². The van der Waals surface area contributed by atoms with Gasteiger partial charge >= 0.3 is 0 Å². The zero-order valence-corrected chi connectivity index (χ0v) is 15.3. The number of nitrogens with one attached hydrogen (secondary N) is 1. The summed E-state index contributed by atoms with van der Waals surface area (Å²) in [5.41, 5.74) is 5.91. The van der Waals surface area contributed by atoms with Crippen molar-refractivity contribution in [2.45, 2.75) is 47.1 Å². The standard InChI is InChI=1S/C21H27NO2/c1-6-20(18-8-7-16(4)17(5)12-18)22-21(23)13-24-19-10-14(2)9-15(3)11-19/h7-12,20H,6,13H2,1-5H3,(H,22,23)/t20-/m1/s1. The molecular weight excluding hydrogens is 298 g/mol. The molecule has 2 aromatic carbocycles. The zero-order valence-electron chi connectivity index (χ0n) is 15.3. The van der Waals surface area contributed by atoms with E-state index in [0.29, 0.717) is 0 Å². The molecule has 0 saturated carbocycles. The van der Waals surface area contributed by atoms with E-state index in [4.69, 9.17) is 4.74 Å². The van der Waals surface area contributed by atoms with Crippen LogP contribution in [0.5, 0.6) is 5.75 Å². The van der Waals surface area contributed by atoms with Crippen molar-refractivity contribution < 1.29 is 9.53 Å². The van der Waals surface area contributed by atoms with E-state index < -0.39 is 0 Å². The van der Waals surface area contributed by atoms with Crippen molar-refractivity contribution in [2.24, 2.45) is 0 Å². The largest absolute Gasteiger partial charge is 0.484 e. The van der Waals surface area contributed by atoms with Crippen LogP contribution >= 0.6 is 0 Å². The Hall–Kier alpha value is -2.29. The molecule has 0 aliphatic rings. The maximum Gasteiger partial charge on any atom is 0.258 e. The van der Waals surface area contributed by atoms with E-state index in [1.807, 2.05) is 26.0 Å². The number of benzene rings is 2. The minimum atomic E-state index is -0.0979. The lowest BCUT2D eigenvalue weighted by Crippen LogP contribution is -2.32. The molecule has 1 amide bonds. The van der Waals surface area contributed by atoms with Crippen molar-refractivity contribution in [1.29, 1.82) is 0 Å². The van der Waals surface area contributed by atoms with E-state index in [-0.39, 0.29) is 18.6 Å². The van der Waals surface area contributed by atoms with E-state index in [1.165, 1.54) is 11.1 Å². The first-order chi connectivity index (χ1) is 11.4.